The highest BCUT2D eigenvalue weighted by molar-refractivity contribution is 5.80. The van der Waals surface area contributed by atoms with Crippen LogP contribution in [0.2, 0.25) is 0 Å². The van der Waals surface area contributed by atoms with Gasteiger partial charge in [-0.05, 0) is 12.8 Å². The molecule has 1 rings (SSSR count). The van der Waals surface area contributed by atoms with Crippen molar-refractivity contribution in [1.82, 2.24) is 10.2 Å². The van der Waals surface area contributed by atoms with Crippen LogP contribution in [0.25, 0.3) is 0 Å². The Balaban J connectivity index is 2.09. The van der Waals surface area contributed by atoms with Crippen molar-refractivity contribution < 1.29 is 14.7 Å². The molecule has 1 aliphatic heterocycles. The normalized spacial score (nSPS) is 16.1. The number of rotatable bonds is 5. The van der Waals surface area contributed by atoms with E-state index in [2.05, 4.69) is 5.32 Å². The topological polar surface area (TPSA) is 69.6 Å². The molecule has 0 bridgehead atoms. The zero-order valence-corrected chi connectivity index (χ0v) is 8.61. The number of nitrogens with zero attached hydrogens (tertiary/aromatic N) is 1. The van der Waals surface area contributed by atoms with Crippen molar-refractivity contribution in [2.45, 2.75) is 12.8 Å². The van der Waals surface area contributed by atoms with Crippen LogP contribution < -0.4 is 5.32 Å². The predicted molar refractivity (Wildman–Crippen MR) is 55.5 cm³/mol. The van der Waals surface area contributed by atoms with Crippen molar-refractivity contribution in [2.75, 3.05) is 26.2 Å². The Morgan fingerprint density at radius 2 is 2.00 bits per heavy atom. The molecule has 84 valence electrons. The molecule has 15 heavy (non-hydrogen) atoms. The lowest BCUT2D eigenvalue weighted by molar-refractivity contribution is -0.131. The number of carbonyl (C=O) groups is 2. The summed E-state index contributed by atoms with van der Waals surface area (Å²) >= 11 is 0. The third-order valence-corrected chi connectivity index (χ3v) is 2.26. The Bertz CT molecular complexity index is 257. The van der Waals surface area contributed by atoms with E-state index in [9.17, 15) is 9.59 Å². The number of carboxylic acids is 1. The molecule has 0 aromatic heterocycles. The van der Waals surface area contributed by atoms with Crippen molar-refractivity contribution >= 4 is 11.9 Å². The van der Waals surface area contributed by atoms with Gasteiger partial charge in [-0.15, -0.1) is 0 Å². The van der Waals surface area contributed by atoms with Gasteiger partial charge in [-0.3, -0.25) is 4.79 Å². The minimum atomic E-state index is -0.970. The fourth-order valence-corrected chi connectivity index (χ4v) is 1.50. The summed E-state index contributed by atoms with van der Waals surface area (Å²) in [6.45, 7) is 2.40. The summed E-state index contributed by atoms with van der Waals surface area (Å²) in [7, 11) is 0. The van der Waals surface area contributed by atoms with Gasteiger partial charge in [-0.1, -0.05) is 6.08 Å². The van der Waals surface area contributed by atoms with E-state index in [-0.39, 0.29) is 12.5 Å². The van der Waals surface area contributed by atoms with E-state index >= 15 is 0 Å². The van der Waals surface area contributed by atoms with E-state index in [0.717, 1.165) is 32.0 Å². The Labute approximate surface area is 88.8 Å². The number of hydrogen-bond donors (Lipinski definition) is 2. The van der Waals surface area contributed by atoms with Gasteiger partial charge in [0, 0.05) is 25.7 Å². The molecular formula is C10H16N2O3. The van der Waals surface area contributed by atoms with E-state index in [1.165, 1.54) is 6.08 Å². The first-order valence-corrected chi connectivity index (χ1v) is 5.08. The Hall–Kier alpha value is -1.36. The Morgan fingerprint density at radius 1 is 1.33 bits per heavy atom. The van der Waals surface area contributed by atoms with Crippen molar-refractivity contribution in [2.24, 2.45) is 0 Å². The second-order valence-corrected chi connectivity index (χ2v) is 3.46. The van der Waals surface area contributed by atoms with Gasteiger partial charge in [-0.2, -0.15) is 0 Å². The number of aliphatic carboxylic acids is 1. The summed E-state index contributed by atoms with van der Waals surface area (Å²) < 4.78 is 0. The highest BCUT2D eigenvalue weighted by atomic mass is 16.4. The molecule has 1 heterocycles. The molecule has 1 amide bonds. The van der Waals surface area contributed by atoms with Gasteiger partial charge in [0.25, 0.3) is 0 Å². The monoisotopic (exact) mass is 212 g/mol. The molecule has 0 atom stereocenters. The van der Waals surface area contributed by atoms with E-state index in [4.69, 9.17) is 5.11 Å². The maximum Gasteiger partial charge on any atom is 0.328 e. The van der Waals surface area contributed by atoms with Gasteiger partial charge in [0.05, 0.1) is 6.54 Å². The van der Waals surface area contributed by atoms with Crippen LogP contribution in [0.3, 0.4) is 0 Å². The van der Waals surface area contributed by atoms with Crippen molar-refractivity contribution in [3.8, 4) is 0 Å². The fourth-order valence-electron chi connectivity index (χ4n) is 1.50. The molecule has 2 N–H and O–H groups in total. The molecule has 1 aliphatic rings. The maximum atomic E-state index is 11.5. The van der Waals surface area contributed by atoms with Gasteiger partial charge in [0.2, 0.25) is 5.91 Å². The third kappa shape index (κ3) is 4.60. The second kappa shape index (κ2) is 6.19. The average Bonchev–Trinajstić information content (AvgIpc) is 2.69. The van der Waals surface area contributed by atoms with Crippen molar-refractivity contribution in [3.05, 3.63) is 12.2 Å². The molecule has 0 spiro atoms. The summed E-state index contributed by atoms with van der Waals surface area (Å²) in [6, 6.07) is 0. The van der Waals surface area contributed by atoms with Gasteiger partial charge in [0.15, 0.2) is 0 Å². The lowest BCUT2D eigenvalue weighted by Gasteiger charge is -2.14. The molecule has 0 aromatic carbocycles. The van der Waals surface area contributed by atoms with Crippen LogP contribution in [0, 0.1) is 0 Å². The lowest BCUT2D eigenvalue weighted by Crippen LogP contribution is -2.36. The number of amides is 1. The number of carboxylic acid groups (broad SMARTS) is 1. The first kappa shape index (κ1) is 11.7. The van der Waals surface area contributed by atoms with Crippen LogP contribution in [0.4, 0.5) is 0 Å². The maximum absolute atomic E-state index is 11.5. The molecule has 0 unspecified atom stereocenters. The van der Waals surface area contributed by atoms with Crippen LogP contribution in [0.15, 0.2) is 12.2 Å². The highest BCUT2D eigenvalue weighted by Crippen LogP contribution is 2.06. The summed E-state index contributed by atoms with van der Waals surface area (Å²) in [5.41, 5.74) is 0. The minimum absolute atomic E-state index is 0.0937. The largest absolute Gasteiger partial charge is 0.478 e. The van der Waals surface area contributed by atoms with Gasteiger partial charge in [0.1, 0.15) is 0 Å². The fraction of sp³-hybridized carbons (Fsp3) is 0.600. The van der Waals surface area contributed by atoms with Crippen LogP contribution >= 0.6 is 0 Å². The SMILES string of the molecule is O=C(O)/C=C/CNCC(=O)N1CCCC1. The van der Waals surface area contributed by atoms with Crippen molar-refractivity contribution in [3.63, 3.8) is 0 Å². The van der Waals surface area contributed by atoms with E-state index in [0.29, 0.717) is 6.54 Å². The van der Waals surface area contributed by atoms with Crippen LogP contribution in [0.1, 0.15) is 12.8 Å². The lowest BCUT2D eigenvalue weighted by atomic mass is 10.4. The molecular weight excluding hydrogens is 196 g/mol. The molecule has 5 nitrogen and oxygen atoms in total. The Morgan fingerprint density at radius 3 is 2.60 bits per heavy atom. The summed E-state index contributed by atoms with van der Waals surface area (Å²) in [4.78, 5) is 23.4. The minimum Gasteiger partial charge on any atom is -0.478 e. The number of likely N-dealkylation sites (tertiary alicyclic amines) is 1. The molecule has 1 fully saturated rings. The van der Waals surface area contributed by atoms with Crippen molar-refractivity contribution in [1.29, 1.82) is 0 Å². The highest BCUT2D eigenvalue weighted by Gasteiger charge is 2.16. The zero-order chi connectivity index (χ0) is 11.1. The molecule has 0 aromatic rings. The van der Waals surface area contributed by atoms with Crippen LogP contribution in [-0.2, 0) is 9.59 Å². The number of nitrogens with one attached hydrogen (secondary N) is 1. The van der Waals surface area contributed by atoms with Crippen LogP contribution in [0.5, 0.6) is 0 Å². The molecule has 0 radical (unpaired) electrons. The first-order chi connectivity index (χ1) is 7.20. The van der Waals surface area contributed by atoms with Gasteiger partial charge in [-0.25, -0.2) is 4.79 Å². The number of carbonyl (C=O) groups excluding carboxylic acids is 1. The summed E-state index contributed by atoms with van der Waals surface area (Å²) in [5, 5.41) is 11.2. The van der Waals surface area contributed by atoms with E-state index in [1.807, 2.05) is 4.90 Å². The van der Waals surface area contributed by atoms with E-state index in [1.54, 1.807) is 0 Å². The standard InChI is InChI=1S/C10H16N2O3/c13-9(12-6-1-2-7-12)8-11-5-3-4-10(14)15/h3-4,11H,1-2,5-8H2,(H,14,15)/b4-3+. The quantitative estimate of drug-likeness (QED) is 0.491. The average molecular weight is 212 g/mol. The van der Waals surface area contributed by atoms with Gasteiger partial charge >= 0.3 is 5.97 Å². The summed E-state index contributed by atoms with van der Waals surface area (Å²) in [5.74, 6) is -0.876. The van der Waals surface area contributed by atoms with Crippen LogP contribution in [-0.4, -0.2) is 48.1 Å². The number of hydrogen-bond acceptors (Lipinski definition) is 3. The molecule has 5 heteroatoms. The molecule has 1 saturated heterocycles. The summed E-state index contributed by atoms with van der Waals surface area (Å²) in [6.07, 6.45) is 4.72. The van der Waals surface area contributed by atoms with E-state index < -0.39 is 5.97 Å². The van der Waals surface area contributed by atoms with Gasteiger partial charge < -0.3 is 15.3 Å². The third-order valence-electron chi connectivity index (χ3n) is 2.26. The molecule has 0 aliphatic carbocycles. The smallest absolute Gasteiger partial charge is 0.328 e. The zero-order valence-electron chi connectivity index (χ0n) is 8.61. The first-order valence-electron chi connectivity index (χ1n) is 5.08. The second-order valence-electron chi connectivity index (χ2n) is 3.46. The predicted octanol–water partition coefficient (Wildman–Crippen LogP) is -0.161. The Kier molecular flexibility index (Phi) is 4.83. The molecule has 0 saturated carbocycles.